The van der Waals surface area contributed by atoms with Crippen LogP contribution in [0.3, 0.4) is 0 Å². The number of pyridine rings is 1. The zero-order valence-electron chi connectivity index (χ0n) is 13.1. The van der Waals surface area contributed by atoms with Crippen molar-refractivity contribution in [3.05, 3.63) is 82.6 Å². The van der Waals surface area contributed by atoms with Crippen molar-refractivity contribution in [3.8, 4) is 0 Å². The molecule has 0 aliphatic rings. The Balaban J connectivity index is 1.74. The number of aryl methyl sites for hydroxylation is 1. The van der Waals surface area contributed by atoms with E-state index in [9.17, 15) is 4.79 Å². The normalized spacial score (nSPS) is 10.2. The van der Waals surface area contributed by atoms with Crippen LogP contribution in [0.2, 0.25) is 0 Å². The second-order valence-corrected chi connectivity index (χ2v) is 6.33. The molecule has 0 bridgehead atoms. The van der Waals surface area contributed by atoms with Crippen LogP contribution in [0.25, 0.3) is 0 Å². The standard InChI is InChI=1S/C19H16BrN3O/c1-13-5-7-16(8-6-13)23-19(24)14-9-18(12-21-11-14)22-17-4-2-3-15(20)10-17/h2-12,22H,1H3,(H,23,24). The second-order valence-electron chi connectivity index (χ2n) is 5.42. The molecule has 1 aromatic heterocycles. The van der Waals surface area contributed by atoms with E-state index in [1.807, 2.05) is 55.5 Å². The minimum Gasteiger partial charge on any atom is -0.354 e. The van der Waals surface area contributed by atoms with Crippen LogP contribution >= 0.6 is 15.9 Å². The van der Waals surface area contributed by atoms with E-state index in [0.717, 1.165) is 27.1 Å². The van der Waals surface area contributed by atoms with Gasteiger partial charge in [0.05, 0.1) is 17.4 Å². The van der Waals surface area contributed by atoms with Gasteiger partial charge < -0.3 is 10.6 Å². The van der Waals surface area contributed by atoms with Crippen LogP contribution in [0.4, 0.5) is 17.1 Å². The topological polar surface area (TPSA) is 54.0 Å². The Morgan fingerprint density at radius 2 is 1.75 bits per heavy atom. The fourth-order valence-corrected chi connectivity index (χ4v) is 2.60. The van der Waals surface area contributed by atoms with E-state index in [2.05, 4.69) is 31.5 Å². The Bertz CT molecular complexity index is 862. The third-order valence-electron chi connectivity index (χ3n) is 3.42. The Hall–Kier alpha value is -2.66. The summed E-state index contributed by atoms with van der Waals surface area (Å²) in [6.45, 7) is 2.01. The summed E-state index contributed by atoms with van der Waals surface area (Å²) in [5.41, 5.74) is 4.08. The minimum atomic E-state index is -0.191. The van der Waals surface area contributed by atoms with Crippen molar-refractivity contribution < 1.29 is 4.79 Å². The fraction of sp³-hybridized carbons (Fsp3) is 0.0526. The first kappa shape index (κ1) is 16.2. The molecule has 0 spiro atoms. The van der Waals surface area contributed by atoms with Crippen molar-refractivity contribution in [1.29, 1.82) is 0 Å². The van der Waals surface area contributed by atoms with Crippen molar-refractivity contribution in [2.24, 2.45) is 0 Å². The molecule has 0 saturated carbocycles. The van der Waals surface area contributed by atoms with Gasteiger partial charge >= 0.3 is 0 Å². The van der Waals surface area contributed by atoms with Gasteiger partial charge in [0.1, 0.15) is 0 Å². The van der Waals surface area contributed by atoms with Gasteiger partial charge in [0, 0.05) is 22.0 Å². The highest BCUT2D eigenvalue weighted by molar-refractivity contribution is 9.10. The summed E-state index contributed by atoms with van der Waals surface area (Å²) in [5.74, 6) is -0.191. The van der Waals surface area contributed by atoms with Gasteiger partial charge in [-0.05, 0) is 43.3 Å². The molecule has 1 heterocycles. The van der Waals surface area contributed by atoms with Gasteiger partial charge in [0.2, 0.25) is 0 Å². The van der Waals surface area contributed by atoms with Gasteiger partial charge in [0.15, 0.2) is 0 Å². The lowest BCUT2D eigenvalue weighted by molar-refractivity contribution is 0.102. The highest BCUT2D eigenvalue weighted by Crippen LogP contribution is 2.21. The summed E-state index contributed by atoms with van der Waals surface area (Å²) in [6, 6.07) is 17.2. The number of benzene rings is 2. The van der Waals surface area contributed by atoms with Crippen LogP contribution in [0, 0.1) is 6.92 Å². The molecule has 0 saturated heterocycles. The third-order valence-corrected chi connectivity index (χ3v) is 3.92. The largest absolute Gasteiger partial charge is 0.354 e. The van der Waals surface area contributed by atoms with E-state index in [0.29, 0.717) is 5.56 Å². The fourth-order valence-electron chi connectivity index (χ4n) is 2.21. The van der Waals surface area contributed by atoms with Crippen molar-refractivity contribution in [2.75, 3.05) is 10.6 Å². The summed E-state index contributed by atoms with van der Waals surface area (Å²) in [7, 11) is 0. The van der Waals surface area contributed by atoms with Crippen molar-refractivity contribution in [2.45, 2.75) is 6.92 Å². The van der Waals surface area contributed by atoms with E-state index in [-0.39, 0.29) is 5.91 Å². The van der Waals surface area contributed by atoms with Crippen molar-refractivity contribution >= 4 is 38.9 Å². The summed E-state index contributed by atoms with van der Waals surface area (Å²) in [4.78, 5) is 16.5. The Morgan fingerprint density at radius 3 is 2.50 bits per heavy atom. The van der Waals surface area contributed by atoms with Gasteiger partial charge in [-0.25, -0.2) is 0 Å². The summed E-state index contributed by atoms with van der Waals surface area (Å²) < 4.78 is 0.980. The molecule has 2 aromatic carbocycles. The quantitative estimate of drug-likeness (QED) is 0.656. The van der Waals surface area contributed by atoms with Crippen LogP contribution in [-0.2, 0) is 0 Å². The molecule has 0 fully saturated rings. The number of anilines is 3. The van der Waals surface area contributed by atoms with E-state index in [1.165, 1.54) is 0 Å². The number of hydrogen-bond acceptors (Lipinski definition) is 3. The predicted molar refractivity (Wildman–Crippen MR) is 101 cm³/mol. The molecule has 4 nitrogen and oxygen atoms in total. The summed E-state index contributed by atoms with van der Waals surface area (Å²) in [6.07, 6.45) is 3.24. The second kappa shape index (κ2) is 7.27. The number of amides is 1. The molecule has 24 heavy (non-hydrogen) atoms. The number of aromatic nitrogens is 1. The Labute approximate surface area is 149 Å². The van der Waals surface area contributed by atoms with Gasteiger partial charge in [-0.1, -0.05) is 39.7 Å². The van der Waals surface area contributed by atoms with E-state index in [1.54, 1.807) is 18.5 Å². The molecule has 3 aromatic rings. The zero-order valence-corrected chi connectivity index (χ0v) is 14.7. The van der Waals surface area contributed by atoms with Gasteiger partial charge in [-0.2, -0.15) is 0 Å². The average molecular weight is 382 g/mol. The highest BCUT2D eigenvalue weighted by atomic mass is 79.9. The first-order valence-electron chi connectivity index (χ1n) is 7.46. The molecule has 0 aliphatic carbocycles. The van der Waals surface area contributed by atoms with E-state index in [4.69, 9.17) is 0 Å². The number of nitrogens with zero attached hydrogens (tertiary/aromatic N) is 1. The summed E-state index contributed by atoms with van der Waals surface area (Å²) >= 11 is 3.44. The lowest BCUT2D eigenvalue weighted by Gasteiger charge is -2.09. The lowest BCUT2D eigenvalue weighted by Crippen LogP contribution is -2.12. The minimum absolute atomic E-state index is 0.191. The summed E-state index contributed by atoms with van der Waals surface area (Å²) in [5, 5.41) is 6.11. The molecule has 120 valence electrons. The number of carbonyl (C=O) groups is 1. The molecule has 0 unspecified atom stereocenters. The van der Waals surface area contributed by atoms with Crippen LogP contribution < -0.4 is 10.6 Å². The van der Waals surface area contributed by atoms with Gasteiger partial charge in [-0.3, -0.25) is 9.78 Å². The van der Waals surface area contributed by atoms with Gasteiger partial charge in [-0.15, -0.1) is 0 Å². The molecule has 3 rings (SSSR count). The molecule has 2 N–H and O–H groups in total. The maximum absolute atomic E-state index is 12.4. The van der Waals surface area contributed by atoms with E-state index >= 15 is 0 Å². The molecule has 5 heteroatoms. The Kier molecular flexibility index (Phi) is 4.91. The van der Waals surface area contributed by atoms with Crippen LogP contribution in [0.1, 0.15) is 15.9 Å². The molecule has 0 radical (unpaired) electrons. The molecular formula is C19H16BrN3O. The van der Waals surface area contributed by atoms with Crippen LogP contribution in [0.5, 0.6) is 0 Å². The maximum Gasteiger partial charge on any atom is 0.257 e. The third kappa shape index (κ3) is 4.20. The molecule has 0 aliphatic heterocycles. The molecule has 1 amide bonds. The zero-order chi connectivity index (χ0) is 16.9. The monoisotopic (exact) mass is 381 g/mol. The van der Waals surface area contributed by atoms with Crippen LogP contribution in [-0.4, -0.2) is 10.9 Å². The van der Waals surface area contributed by atoms with Crippen molar-refractivity contribution in [1.82, 2.24) is 4.98 Å². The molecular weight excluding hydrogens is 366 g/mol. The highest BCUT2D eigenvalue weighted by Gasteiger charge is 2.08. The predicted octanol–water partition coefficient (Wildman–Crippen LogP) is 5.15. The van der Waals surface area contributed by atoms with Gasteiger partial charge in [0.25, 0.3) is 5.91 Å². The number of halogens is 1. The molecule has 0 atom stereocenters. The number of carbonyl (C=O) groups excluding carboxylic acids is 1. The number of nitrogens with one attached hydrogen (secondary N) is 2. The Morgan fingerprint density at radius 1 is 0.958 bits per heavy atom. The number of rotatable bonds is 4. The maximum atomic E-state index is 12.4. The lowest BCUT2D eigenvalue weighted by atomic mass is 10.2. The first-order chi connectivity index (χ1) is 11.6. The SMILES string of the molecule is Cc1ccc(NC(=O)c2cncc(Nc3cccc(Br)c3)c2)cc1. The number of hydrogen-bond donors (Lipinski definition) is 2. The van der Waals surface area contributed by atoms with E-state index < -0.39 is 0 Å². The first-order valence-corrected chi connectivity index (χ1v) is 8.25. The van der Waals surface area contributed by atoms with Crippen molar-refractivity contribution in [3.63, 3.8) is 0 Å². The smallest absolute Gasteiger partial charge is 0.257 e. The average Bonchev–Trinajstić information content (AvgIpc) is 2.57. The van der Waals surface area contributed by atoms with Crippen LogP contribution in [0.15, 0.2) is 71.5 Å².